The second kappa shape index (κ2) is 39.8. The molecule has 0 saturated heterocycles. The summed E-state index contributed by atoms with van der Waals surface area (Å²) in [6.07, 6.45) is 17.8. The molecular weight excluding hydrogens is 1500 g/mol. The van der Waals surface area contributed by atoms with Crippen LogP contribution >= 0.6 is 0 Å². The molecule has 0 atom stereocenters. The molecule has 8 aromatic rings. The number of hydrogen-bond donors (Lipinski definition) is 6. The van der Waals surface area contributed by atoms with E-state index < -0.39 is 67.2 Å². The van der Waals surface area contributed by atoms with Crippen molar-refractivity contribution in [3.05, 3.63) is 191 Å². The topological polar surface area (TPSA) is 333 Å². The zero-order valence-electron chi connectivity index (χ0n) is 67.2. The minimum atomic E-state index is -1.84. The Morgan fingerprint density at radius 2 is 0.820 bits per heavy atom. The minimum absolute atomic E-state index is 0. The fraction of sp³-hybridized carbons (Fsp3) is 0.388. The Labute approximate surface area is 694 Å². The van der Waals surface area contributed by atoms with Crippen LogP contribution in [0.1, 0.15) is 116 Å². The van der Waals surface area contributed by atoms with Crippen molar-refractivity contribution in [2.45, 2.75) is 163 Å². The molecule has 3 aliphatic rings. The van der Waals surface area contributed by atoms with E-state index in [0.29, 0.717) is 78.6 Å². The van der Waals surface area contributed by atoms with Crippen LogP contribution in [0.4, 0.5) is 8.78 Å². The maximum Gasteiger partial charge on any atom is 1.00 e. The van der Waals surface area contributed by atoms with Gasteiger partial charge in [-0.2, -0.15) is 0 Å². The van der Waals surface area contributed by atoms with Crippen molar-refractivity contribution in [2.24, 2.45) is 0 Å². The van der Waals surface area contributed by atoms with Crippen molar-refractivity contribution in [3.63, 3.8) is 0 Å². The van der Waals surface area contributed by atoms with Crippen LogP contribution in [0.25, 0.3) is 62.0 Å². The van der Waals surface area contributed by atoms with Crippen LogP contribution in [0.2, 0.25) is 54.4 Å². The molecule has 0 radical (unpaired) electrons. The van der Waals surface area contributed by atoms with Crippen LogP contribution in [-0.2, 0) is 61.7 Å². The van der Waals surface area contributed by atoms with Crippen molar-refractivity contribution in [3.8, 4) is 0 Å². The number of nitrogens with zero attached hydrogens (tertiary/aromatic N) is 8. The number of pyridine rings is 3. The third-order valence-corrected chi connectivity index (χ3v) is 33.9. The third kappa shape index (κ3) is 23.2. The van der Waals surface area contributed by atoms with Crippen LogP contribution in [0.5, 0.6) is 0 Å². The summed E-state index contributed by atoms with van der Waals surface area (Å²) >= 11 is 0. The smallest absolute Gasteiger partial charge is 0.870 e. The van der Waals surface area contributed by atoms with E-state index in [1.807, 2.05) is 44.2 Å². The fourth-order valence-corrected chi connectivity index (χ4v) is 14.2. The minimum Gasteiger partial charge on any atom is -0.870 e. The van der Waals surface area contributed by atoms with E-state index in [9.17, 15) is 47.8 Å². The second-order valence-corrected chi connectivity index (χ2v) is 45.5. The number of halogens is 2. The predicted octanol–water partition coefficient (Wildman–Crippen LogP) is 10.8. The Morgan fingerprint density at radius 1 is 0.486 bits per heavy atom. The summed E-state index contributed by atoms with van der Waals surface area (Å²) in [6.45, 7) is 39.2. The van der Waals surface area contributed by atoms with Crippen molar-refractivity contribution in [1.82, 2.24) is 43.8 Å². The Kier molecular flexibility index (Phi) is 33.6. The van der Waals surface area contributed by atoms with Gasteiger partial charge in [0.15, 0.2) is 36.5 Å². The van der Waals surface area contributed by atoms with Crippen molar-refractivity contribution in [1.29, 1.82) is 0 Å². The number of aliphatic hydroxyl groups excluding tert-OH is 3. The number of imide groups is 3. The van der Waals surface area contributed by atoms with Gasteiger partial charge in [0.1, 0.15) is 28.6 Å². The van der Waals surface area contributed by atoms with Gasteiger partial charge >= 0.3 is 58.5 Å². The van der Waals surface area contributed by atoms with Crippen molar-refractivity contribution < 1.29 is 133 Å². The molecule has 11 rings (SSSR count). The number of rotatable bonds is 22. The number of likely N-dealkylation sites (N-methyl/N-ethyl adjacent to an activating group) is 2. The molecule has 0 saturated carbocycles. The van der Waals surface area contributed by atoms with Crippen LogP contribution in [0.15, 0.2) is 151 Å². The maximum atomic E-state index is 13.3. The summed E-state index contributed by atoms with van der Waals surface area (Å²) < 4.78 is 50.4. The van der Waals surface area contributed by atoms with Crippen molar-refractivity contribution >= 4 is 129 Å². The van der Waals surface area contributed by atoms with E-state index in [2.05, 4.69) is 122 Å². The molecule has 2 aromatic carbocycles. The summed E-state index contributed by atoms with van der Waals surface area (Å²) in [6, 6.07) is 22.6. The zero-order valence-corrected chi connectivity index (χ0v) is 73.3. The van der Waals surface area contributed by atoms with Gasteiger partial charge in [0, 0.05) is 130 Å². The normalized spacial score (nSPS) is 14.4. The van der Waals surface area contributed by atoms with E-state index in [-0.39, 0.29) is 113 Å². The van der Waals surface area contributed by atoms with Gasteiger partial charge in [0.2, 0.25) is 0 Å². The maximum absolute atomic E-state index is 13.3. The van der Waals surface area contributed by atoms with Gasteiger partial charge < -0.3 is 57.8 Å². The van der Waals surface area contributed by atoms with E-state index in [4.69, 9.17) is 28.4 Å². The Morgan fingerprint density at radius 3 is 1.14 bits per heavy atom. The number of nitrogens with one attached hydrogen (secondary N) is 1. The van der Waals surface area contributed by atoms with E-state index in [0.717, 1.165) is 62.0 Å². The molecule has 24 nitrogen and oxygen atoms in total. The second-order valence-electron chi connectivity index (χ2n) is 31.1. The third-order valence-electron chi connectivity index (χ3n) is 20.3. The Hall–Kier alpha value is -7.84. The summed E-state index contributed by atoms with van der Waals surface area (Å²) in [5.41, 5.74) is 6.03. The number of aryl methyl sites for hydroxylation is 3. The number of carbonyl (C=O) groups is 6. The quantitative estimate of drug-likeness (QED) is 0.0209. The largest absolute Gasteiger partial charge is 1.00 e. The average Bonchev–Trinajstić information content (AvgIpc) is 1.61. The van der Waals surface area contributed by atoms with Crippen molar-refractivity contribution in [2.75, 3.05) is 40.5 Å². The number of hydrogen-bond acceptors (Lipinski definition) is 18. The molecule has 0 bridgehead atoms. The monoisotopic (exact) mass is 1600 g/mol. The first-order chi connectivity index (χ1) is 51.0. The number of carbonyl (C=O) groups excluding carboxylic acids is 6. The molecule has 0 spiro atoms. The molecule has 590 valence electrons. The van der Waals surface area contributed by atoms with Gasteiger partial charge in [0.05, 0.1) is 22.3 Å². The summed E-state index contributed by atoms with van der Waals surface area (Å²) in [5.74, 6) is -3.77. The van der Waals surface area contributed by atoms with Gasteiger partial charge in [-0.15, -0.1) is 0 Å². The molecule has 6 aromatic heterocycles. The first kappa shape index (κ1) is 93.8. The standard InChI is InChI=1S/C29H34FN3O3Si.C21H29N3O4Si.C20H27N3O4Si.C8H8BFO2.C2H6O.K.H2O/c1-29(2,3)37(5,6)36-18-8-17-33-19-24(22-9-7-16-31-26(22)33)25-23(27(34)32(4)28(25)35)15-12-20-10-13-21(30)14-11-20;1-21(2,3)29(5,6)28-12-8-11-24-13-15(14-9-7-10-22-18(14)24)16-17(25)20(27)23(4)19(16)26;1-20(2,3)28(4,5)27-11-7-10-23-12-14(13-8-6-9-21-17(13)23)15-16(24)19(26)22-18(15)25;10-8-3-1-7(2-4-8)5-6-9(11)12;1-2-3;;/h7,9-16,19H,8,17-18H2,1-6H3;7,9-10,13,25H,8,11-12H2,1-6H3;6,8-9,12H,7,10-11H2,1-5H3,(H2,22,24,25,26);1-6,11-12H;3H,2H2,1H3;;1H2/q;;;;;+1;/p-1/b15-12+;;;6-5+;;;. The van der Waals surface area contributed by atoms with E-state index in [1.54, 1.807) is 86.5 Å². The molecule has 3 aliphatic heterocycles. The number of benzene rings is 2. The Bertz CT molecular complexity index is 4800. The Balaban J connectivity index is 0.000000272. The van der Waals surface area contributed by atoms with Gasteiger partial charge in [-0.3, -0.25) is 43.9 Å². The molecule has 0 fully saturated rings. The molecule has 111 heavy (non-hydrogen) atoms. The molecule has 9 heterocycles. The number of fused-ring (bicyclic) bond motifs is 3. The van der Waals surface area contributed by atoms with Crippen LogP contribution in [-0.4, -0.2) is 177 Å². The molecular formula is C80H105BF2KN9O15Si3. The fourth-order valence-electron chi connectivity index (χ4n) is 11.0. The molecule has 7 N–H and O–H groups in total. The summed E-state index contributed by atoms with van der Waals surface area (Å²) in [7, 11) is -4.04. The van der Waals surface area contributed by atoms with Crippen LogP contribution in [0, 0.1) is 11.6 Å². The average molecular weight is 1600 g/mol. The summed E-state index contributed by atoms with van der Waals surface area (Å²) in [5, 5.41) is 49.6. The van der Waals surface area contributed by atoms with Gasteiger partial charge in [0.25, 0.3) is 35.4 Å². The molecule has 0 aliphatic carbocycles. The number of amides is 6. The van der Waals surface area contributed by atoms with Crippen LogP contribution in [0.3, 0.4) is 0 Å². The molecule has 31 heteroatoms. The number of aliphatic hydroxyl groups is 3. The van der Waals surface area contributed by atoms with Gasteiger partial charge in [-0.1, -0.05) is 105 Å². The van der Waals surface area contributed by atoms with E-state index in [1.165, 1.54) is 50.4 Å². The zero-order chi connectivity index (χ0) is 80.9. The van der Waals surface area contributed by atoms with Crippen LogP contribution < -0.4 is 56.7 Å². The first-order valence-corrected chi connectivity index (χ1v) is 44.9. The SMILES string of the molecule is CC(C)(C)[Si](C)(C)OCCCn1cc(C2=C(O)C(=O)NC2=O)c2cccnc21.CCO.CN1C(=O)C(/C=C/c2ccc(F)cc2)=C(c2cn(CCCO[Si](C)(C)C(C)(C)C)c3ncccc23)C1=O.CN1C(=O)C(O)=C(c2cn(CCCO[Si](C)(C)C(C)(C)C)c3ncccc23)C1=O.OB(O)/C=C/c1ccc(F)cc1.[K+].[OH-]. The molecule has 0 unspecified atom stereocenters. The van der Waals surface area contributed by atoms with Gasteiger partial charge in [-0.25, -0.2) is 23.7 Å². The van der Waals surface area contributed by atoms with Gasteiger partial charge in [-0.05, 0) is 158 Å². The molecule has 6 amide bonds. The van der Waals surface area contributed by atoms with E-state index >= 15 is 0 Å². The predicted molar refractivity (Wildman–Crippen MR) is 433 cm³/mol. The summed E-state index contributed by atoms with van der Waals surface area (Å²) in [4.78, 5) is 89.9. The first-order valence-electron chi connectivity index (χ1n) is 36.2. The number of aromatic nitrogens is 6.